The molecule has 1 aromatic rings. The third kappa shape index (κ3) is 1.23. The Kier molecular flexibility index (Phi) is 1.78. The van der Waals surface area contributed by atoms with Gasteiger partial charge in [0.2, 0.25) is 0 Å². The van der Waals surface area contributed by atoms with Crippen LogP contribution in [0.4, 0.5) is 0 Å². The van der Waals surface area contributed by atoms with Crippen LogP contribution < -0.4 is 5.32 Å². The number of nitrogens with one attached hydrogen (secondary N) is 1. The van der Waals surface area contributed by atoms with Gasteiger partial charge in [0.25, 0.3) is 0 Å². The van der Waals surface area contributed by atoms with Gasteiger partial charge >= 0.3 is 0 Å². The molecule has 1 aromatic carbocycles. The SMILES string of the molecule is Cc1ccc2c(c1)C=C1C3=CC=CCC3NC12. The standard InChI is InChI=1S/C16H15N/c1-10-6-7-12-11(8-10)9-14-13-4-2-3-5-15(13)17-16(12)14/h2-4,6-9,15-17H,5H2,1H3. The van der Waals surface area contributed by atoms with E-state index in [-0.39, 0.29) is 0 Å². The quantitative estimate of drug-likeness (QED) is 0.709. The molecule has 84 valence electrons. The molecule has 2 aliphatic carbocycles. The third-order valence-corrected chi connectivity index (χ3v) is 4.04. The monoisotopic (exact) mass is 221 g/mol. The molecule has 1 heteroatoms. The summed E-state index contributed by atoms with van der Waals surface area (Å²) in [6.45, 7) is 2.16. The van der Waals surface area contributed by atoms with E-state index in [9.17, 15) is 0 Å². The maximum absolute atomic E-state index is 3.74. The number of benzene rings is 1. The van der Waals surface area contributed by atoms with E-state index in [4.69, 9.17) is 0 Å². The first-order valence-electron chi connectivity index (χ1n) is 6.28. The first-order chi connectivity index (χ1) is 8.33. The van der Waals surface area contributed by atoms with Crippen LogP contribution in [0.1, 0.15) is 29.2 Å². The smallest absolute Gasteiger partial charge is 0.0591 e. The van der Waals surface area contributed by atoms with E-state index < -0.39 is 0 Å². The van der Waals surface area contributed by atoms with Crippen LogP contribution in [0.15, 0.2) is 47.6 Å². The summed E-state index contributed by atoms with van der Waals surface area (Å²) in [6.07, 6.45) is 10.2. The predicted octanol–water partition coefficient (Wildman–Crippen LogP) is 3.29. The zero-order valence-corrected chi connectivity index (χ0v) is 9.90. The van der Waals surface area contributed by atoms with Crippen LogP contribution in [-0.4, -0.2) is 6.04 Å². The van der Waals surface area contributed by atoms with Gasteiger partial charge in [0.15, 0.2) is 0 Å². The zero-order valence-electron chi connectivity index (χ0n) is 9.90. The normalized spacial score (nSPS) is 28.3. The number of rotatable bonds is 0. The minimum Gasteiger partial charge on any atom is -0.299 e. The fourth-order valence-electron chi connectivity index (χ4n) is 3.22. The van der Waals surface area contributed by atoms with E-state index in [0.29, 0.717) is 12.1 Å². The van der Waals surface area contributed by atoms with Crippen molar-refractivity contribution in [2.45, 2.75) is 25.4 Å². The Hall–Kier alpha value is -1.60. The Morgan fingerprint density at radius 2 is 2.18 bits per heavy atom. The summed E-state index contributed by atoms with van der Waals surface area (Å²) in [5, 5.41) is 3.74. The molecular weight excluding hydrogens is 206 g/mol. The fourth-order valence-corrected chi connectivity index (χ4v) is 3.22. The van der Waals surface area contributed by atoms with Gasteiger partial charge in [-0.25, -0.2) is 0 Å². The minimum absolute atomic E-state index is 0.432. The van der Waals surface area contributed by atoms with Crippen molar-refractivity contribution in [1.29, 1.82) is 0 Å². The molecule has 0 bridgehead atoms. The molecule has 0 spiro atoms. The molecule has 0 saturated carbocycles. The summed E-state index contributed by atoms with van der Waals surface area (Å²) in [5.74, 6) is 0. The molecular formula is C16H15N. The van der Waals surface area contributed by atoms with Crippen LogP contribution in [0, 0.1) is 6.92 Å². The second kappa shape index (κ2) is 3.21. The molecule has 1 N–H and O–H groups in total. The molecule has 1 saturated heterocycles. The highest BCUT2D eigenvalue weighted by Gasteiger charge is 2.37. The summed E-state index contributed by atoms with van der Waals surface area (Å²) < 4.78 is 0. The molecule has 0 amide bonds. The molecule has 17 heavy (non-hydrogen) atoms. The third-order valence-electron chi connectivity index (χ3n) is 4.04. The lowest BCUT2D eigenvalue weighted by atomic mass is 9.96. The number of fused-ring (bicyclic) bond motifs is 5. The van der Waals surface area contributed by atoms with Crippen molar-refractivity contribution in [3.8, 4) is 0 Å². The number of allylic oxidation sites excluding steroid dienone is 2. The zero-order chi connectivity index (χ0) is 11.4. The van der Waals surface area contributed by atoms with Crippen LogP contribution in [0.2, 0.25) is 0 Å². The molecule has 2 atom stereocenters. The maximum atomic E-state index is 3.74. The summed E-state index contributed by atoms with van der Waals surface area (Å²) in [4.78, 5) is 0. The first kappa shape index (κ1) is 9.43. The van der Waals surface area contributed by atoms with Gasteiger partial charge in [-0.3, -0.25) is 5.32 Å². The Morgan fingerprint density at radius 3 is 3.12 bits per heavy atom. The van der Waals surface area contributed by atoms with Crippen LogP contribution in [0.25, 0.3) is 6.08 Å². The Balaban J connectivity index is 1.86. The van der Waals surface area contributed by atoms with Gasteiger partial charge in [-0.05, 0) is 41.7 Å². The molecule has 4 rings (SSSR count). The van der Waals surface area contributed by atoms with Crippen LogP contribution in [0.3, 0.4) is 0 Å². The highest BCUT2D eigenvalue weighted by atomic mass is 15.0. The van der Waals surface area contributed by atoms with Crippen molar-refractivity contribution < 1.29 is 0 Å². The number of hydrogen-bond donors (Lipinski definition) is 1. The van der Waals surface area contributed by atoms with Crippen molar-refractivity contribution >= 4 is 6.08 Å². The van der Waals surface area contributed by atoms with Crippen molar-refractivity contribution in [2.75, 3.05) is 0 Å². The predicted molar refractivity (Wildman–Crippen MR) is 70.7 cm³/mol. The van der Waals surface area contributed by atoms with E-state index in [1.165, 1.54) is 27.8 Å². The van der Waals surface area contributed by atoms with Gasteiger partial charge in [0.05, 0.1) is 6.04 Å². The summed E-state index contributed by atoms with van der Waals surface area (Å²) in [7, 11) is 0. The molecule has 0 radical (unpaired) electrons. The molecule has 1 aliphatic heterocycles. The average molecular weight is 221 g/mol. The van der Waals surface area contributed by atoms with E-state index >= 15 is 0 Å². The highest BCUT2D eigenvalue weighted by Crippen LogP contribution is 2.45. The Morgan fingerprint density at radius 1 is 1.24 bits per heavy atom. The molecule has 3 aliphatic rings. The molecule has 2 unspecified atom stereocenters. The summed E-state index contributed by atoms with van der Waals surface area (Å²) >= 11 is 0. The average Bonchev–Trinajstić information content (AvgIpc) is 2.84. The van der Waals surface area contributed by atoms with E-state index in [0.717, 1.165) is 6.42 Å². The Bertz CT molecular complexity index is 590. The fraction of sp³-hybridized carbons (Fsp3) is 0.250. The van der Waals surface area contributed by atoms with Crippen molar-refractivity contribution in [3.63, 3.8) is 0 Å². The van der Waals surface area contributed by atoms with Crippen LogP contribution >= 0.6 is 0 Å². The second-order valence-corrected chi connectivity index (χ2v) is 5.17. The molecule has 1 heterocycles. The van der Waals surface area contributed by atoms with E-state index in [2.05, 4.69) is 54.7 Å². The molecule has 1 fully saturated rings. The largest absolute Gasteiger partial charge is 0.299 e. The number of hydrogen-bond acceptors (Lipinski definition) is 1. The lowest BCUT2D eigenvalue weighted by molar-refractivity contribution is 0.591. The van der Waals surface area contributed by atoms with Gasteiger partial charge in [0.1, 0.15) is 0 Å². The first-order valence-corrected chi connectivity index (χ1v) is 6.28. The lowest BCUT2D eigenvalue weighted by Gasteiger charge is -2.15. The lowest BCUT2D eigenvalue weighted by Crippen LogP contribution is -2.25. The van der Waals surface area contributed by atoms with Gasteiger partial charge in [-0.15, -0.1) is 0 Å². The van der Waals surface area contributed by atoms with Crippen LogP contribution in [-0.2, 0) is 0 Å². The van der Waals surface area contributed by atoms with Crippen molar-refractivity contribution in [3.05, 3.63) is 64.3 Å². The Labute approximate surface area is 102 Å². The molecule has 0 aromatic heterocycles. The van der Waals surface area contributed by atoms with E-state index in [1.807, 2.05) is 0 Å². The van der Waals surface area contributed by atoms with Crippen molar-refractivity contribution in [1.82, 2.24) is 5.32 Å². The topological polar surface area (TPSA) is 12.0 Å². The van der Waals surface area contributed by atoms with Gasteiger partial charge in [-0.2, -0.15) is 0 Å². The summed E-state index contributed by atoms with van der Waals surface area (Å²) in [5.41, 5.74) is 7.16. The summed E-state index contributed by atoms with van der Waals surface area (Å²) in [6, 6.07) is 7.74. The van der Waals surface area contributed by atoms with Crippen LogP contribution in [0.5, 0.6) is 0 Å². The molecule has 1 nitrogen and oxygen atoms in total. The van der Waals surface area contributed by atoms with Gasteiger partial charge in [0, 0.05) is 6.04 Å². The van der Waals surface area contributed by atoms with Crippen molar-refractivity contribution in [2.24, 2.45) is 0 Å². The van der Waals surface area contributed by atoms with Gasteiger partial charge in [-0.1, -0.05) is 42.0 Å². The van der Waals surface area contributed by atoms with Gasteiger partial charge < -0.3 is 0 Å². The highest BCUT2D eigenvalue weighted by molar-refractivity contribution is 5.74. The maximum Gasteiger partial charge on any atom is 0.0591 e. The van der Waals surface area contributed by atoms with E-state index in [1.54, 1.807) is 0 Å². The second-order valence-electron chi connectivity index (χ2n) is 5.17. The minimum atomic E-state index is 0.432. The number of aryl methyl sites for hydroxylation is 1.